The standard InChI is InChI=1S/C18H22F3NO6/c1-25-14-10-12(6-4-5-9-28-17(24)27-3)13(11-15(14)26-2)7-8-22-16(23)18(19,20)21/h4-5,10-11H,6-9H2,1-3H3,(H,22,23)/b5-4-. The number of hydrogen-bond donors (Lipinski definition) is 1. The van der Waals surface area contributed by atoms with Gasteiger partial charge >= 0.3 is 18.2 Å². The van der Waals surface area contributed by atoms with E-state index in [4.69, 9.17) is 14.2 Å². The molecule has 0 heterocycles. The smallest absolute Gasteiger partial charge is 0.493 e. The molecule has 1 aromatic rings. The first-order chi connectivity index (χ1) is 13.2. The van der Waals surface area contributed by atoms with E-state index >= 15 is 0 Å². The maximum absolute atomic E-state index is 12.3. The molecule has 0 aliphatic heterocycles. The molecular weight excluding hydrogens is 383 g/mol. The Hall–Kier alpha value is -2.91. The first-order valence-corrected chi connectivity index (χ1v) is 8.17. The van der Waals surface area contributed by atoms with Gasteiger partial charge in [0, 0.05) is 6.54 Å². The third-order valence-electron chi connectivity index (χ3n) is 3.61. The van der Waals surface area contributed by atoms with Crippen LogP contribution < -0.4 is 14.8 Å². The van der Waals surface area contributed by atoms with Gasteiger partial charge in [-0.1, -0.05) is 12.2 Å². The molecule has 0 atom stereocenters. The zero-order chi connectivity index (χ0) is 21.2. The van der Waals surface area contributed by atoms with Crippen molar-refractivity contribution in [1.29, 1.82) is 0 Å². The fourth-order valence-electron chi connectivity index (χ4n) is 2.25. The predicted octanol–water partition coefficient (Wildman–Crippen LogP) is 2.81. The molecule has 0 aliphatic carbocycles. The van der Waals surface area contributed by atoms with E-state index in [1.807, 2.05) is 5.32 Å². The van der Waals surface area contributed by atoms with E-state index in [9.17, 15) is 22.8 Å². The van der Waals surface area contributed by atoms with Crippen LogP contribution in [0.25, 0.3) is 0 Å². The van der Waals surface area contributed by atoms with Crippen molar-refractivity contribution in [2.75, 3.05) is 34.5 Å². The molecule has 0 aromatic heterocycles. The van der Waals surface area contributed by atoms with Crippen molar-refractivity contribution in [2.45, 2.75) is 19.0 Å². The summed E-state index contributed by atoms with van der Waals surface area (Å²) in [7, 11) is 4.10. The topological polar surface area (TPSA) is 83.1 Å². The van der Waals surface area contributed by atoms with Gasteiger partial charge in [0.05, 0.1) is 21.3 Å². The van der Waals surface area contributed by atoms with Gasteiger partial charge in [0.25, 0.3) is 0 Å². The Morgan fingerprint density at radius 3 is 2.18 bits per heavy atom. The molecule has 0 saturated heterocycles. The lowest BCUT2D eigenvalue weighted by Crippen LogP contribution is -2.37. The minimum Gasteiger partial charge on any atom is -0.493 e. The number of benzene rings is 1. The predicted molar refractivity (Wildman–Crippen MR) is 93.5 cm³/mol. The van der Waals surface area contributed by atoms with Gasteiger partial charge < -0.3 is 24.3 Å². The summed E-state index contributed by atoms with van der Waals surface area (Å²) in [5.74, 6) is -1.12. The molecule has 28 heavy (non-hydrogen) atoms. The lowest BCUT2D eigenvalue weighted by molar-refractivity contribution is -0.173. The van der Waals surface area contributed by atoms with Gasteiger partial charge in [-0.25, -0.2) is 4.79 Å². The highest BCUT2D eigenvalue weighted by atomic mass is 19.4. The highest BCUT2D eigenvalue weighted by Gasteiger charge is 2.38. The number of halogens is 3. The number of rotatable bonds is 9. The van der Waals surface area contributed by atoms with Crippen molar-refractivity contribution in [1.82, 2.24) is 5.32 Å². The van der Waals surface area contributed by atoms with Crippen molar-refractivity contribution >= 4 is 12.1 Å². The van der Waals surface area contributed by atoms with E-state index in [0.717, 1.165) is 5.56 Å². The minimum absolute atomic E-state index is 0.0108. The average molecular weight is 405 g/mol. The van der Waals surface area contributed by atoms with Crippen LogP contribution in [0.1, 0.15) is 11.1 Å². The van der Waals surface area contributed by atoms with Gasteiger partial charge in [-0.05, 0) is 36.1 Å². The van der Waals surface area contributed by atoms with E-state index in [1.54, 1.807) is 24.3 Å². The van der Waals surface area contributed by atoms with Gasteiger partial charge in [-0.2, -0.15) is 13.2 Å². The van der Waals surface area contributed by atoms with E-state index in [0.29, 0.717) is 23.5 Å². The molecule has 10 heteroatoms. The molecule has 0 saturated carbocycles. The zero-order valence-corrected chi connectivity index (χ0v) is 15.7. The summed E-state index contributed by atoms with van der Waals surface area (Å²) in [6.45, 7) is -0.188. The fraction of sp³-hybridized carbons (Fsp3) is 0.444. The molecule has 0 unspecified atom stereocenters. The Bertz CT molecular complexity index is 703. The van der Waals surface area contributed by atoms with Gasteiger partial charge in [-0.15, -0.1) is 0 Å². The quantitative estimate of drug-likeness (QED) is 0.503. The summed E-state index contributed by atoms with van der Waals surface area (Å²) in [6.07, 6.45) is -1.86. The summed E-state index contributed by atoms with van der Waals surface area (Å²) in [5.41, 5.74) is 1.44. The highest BCUT2D eigenvalue weighted by molar-refractivity contribution is 5.81. The number of amides is 1. The second-order valence-corrected chi connectivity index (χ2v) is 5.42. The summed E-state index contributed by atoms with van der Waals surface area (Å²) in [5, 5.41) is 1.83. The second kappa shape index (κ2) is 11.1. The largest absolute Gasteiger partial charge is 0.508 e. The molecule has 1 N–H and O–H groups in total. The van der Waals surface area contributed by atoms with Gasteiger partial charge in [0.2, 0.25) is 0 Å². The first-order valence-electron chi connectivity index (χ1n) is 8.17. The molecule has 7 nitrogen and oxygen atoms in total. The van der Waals surface area contributed by atoms with Crippen LogP contribution in [0.4, 0.5) is 18.0 Å². The van der Waals surface area contributed by atoms with Crippen LogP contribution in [0.3, 0.4) is 0 Å². The number of carbonyl (C=O) groups is 2. The van der Waals surface area contributed by atoms with Gasteiger partial charge in [0.1, 0.15) is 6.61 Å². The number of hydrogen-bond acceptors (Lipinski definition) is 6. The number of methoxy groups -OCH3 is 3. The maximum atomic E-state index is 12.3. The SMILES string of the molecule is COC(=O)OC/C=C\Cc1cc(OC)c(OC)cc1CCNC(=O)C(F)(F)F. The molecule has 1 rings (SSSR count). The van der Waals surface area contributed by atoms with Crippen LogP contribution in [-0.4, -0.2) is 52.7 Å². The Balaban J connectivity index is 2.85. The van der Waals surface area contributed by atoms with Crippen LogP contribution in [0.2, 0.25) is 0 Å². The first kappa shape index (κ1) is 23.1. The molecule has 0 radical (unpaired) electrons. The van der Waals surface area contributed by atoms with Crippen molar-refractivity contribution in [3.63, 3.8) is 0 Å². The van der Waals surface area contributed by atoms with Crippen molar-refractivity contribution in [2.24, 2.45) is 0 Å². The van der Waals surface area contributed by atoms with E-state index < -0.39 is 18.2 Å². The van der Waals surface area contributed by atoms with Crippen LogP contribution >= 0.6 is 0 Å². The van der Waals surface area contributed by atoms with Crippen molar-refractivity contribution in [3.05, 3.63) is 35.4 Å². The summed E-state index contributed by atoms with van der Waals surface area (Å²) < 4.78 is 56.4. The van der Waals surface area contributed by atoms with Crippen molar-refractivity contribution in [3.8, 4) is 11.5 Å². The van der Waals surface area contributed by atoms with Gasteiger partial charge in [0.15, 0.2) is 11.5 Å². The second-order valence-electron chi connectivity index (χ2n) is 5.42. The van der Waals surface area contributed by atoms with E-state index in [2.05, 4.69) is 4.74 Å². The number of alkyl halides is 3. The molecule has 0 fully saturated rings. The highest BCUT2D eigenvalue weighted by Crippen LogP contribution is 2.31. The number of carbonyl (C=O) groups excluding carboxylic acids is 2. The maximum Gasteiger partial charge on any atom is 0.508 e. The number of ether oxygens (including phenoxy) is 4. The Kier molecular flexibility index (Phi) is 9.13. The lowest BCUT2D eigenvalue weighted by Gasteiger charge is -2.15. The third-order valence-corrected chi connectivity index (χ3v) is 3.61. The monoisotopic (exact) mass is 405 g/mol. The third kappa shape index (κ3) is 7.37. The Morgan fingerprint density at radius 2 is 1.64 bits per heavy atom. The molecule has 0 aliphatic rings. The van der Waals surface area contributed by atoms with Gasteiger partial charge in [-0.3, -0.25) is 4.79 Å². The van der Waals surface area contributed by atoms with Crippen LogP contribution in [0.5, 0.6) is 11.5 Å². The molecule has 1 aromatic carbocycles. The normalized spacial score (nSPS) is 11.2. The molecule has 0 spiro atoms. The zero-order valence-electron chi connectivity index (χ0n) is 15.7. The molecule has 156 valence electrons. The minimum atomic E-state index is -4.93. The summed E-state index contributed by atoms with van der Waals surface area (Å²) in [6, 6.07) is 3.35. The lowest BCUT2D eigenvalue weighted by atomic mass is 10.00. The Morgan fingerprint density at radius 1 is 1.04 bits per heavy atom. The molecule has 1 amide bonds. The molecule has 0 bridgehead atoms. The molecular formula is C18H22F3NO6. The average Bonchev–Trinajstić information content (AvgIpc) is 2.66. The van der Waals surface area contributed by atoms with Crippen molar-refractivity contribution < 1.29 is 41.7 Å². The summed E-state index contributed by atoms with van der Waals surface area (Å²) >= 11 is 0. The fourth-order valence-corrected chi connectivity index (χ4v) is 2.25. The van der Waals surface area contributed by atoms with E-state index in [1.165, 1.54) is 21.3 Å². The van der Waals surface area contributed by atoms with Crippen LogP contribution in [0, 0.1) is 0 Å². The number of allylic oxidation sites excluding steroid dienone is 1. The Labute approximate surface area is 160 Å². The summed E-state index contributed by atoms with van der Waals surface area (Å²) in [4.78, 5) is 21.8. The number of nitrogens with one attached hydrogen (secondary N) is 1. The van der Waals surface area contributed by atoms with Crippen LogP contribution in [-0.2, 0) is 27.1 Å². The van der Waals surface area contributed by atoms with Crippen LogP contribution in [0.15, 0.2) is 24.3 Å². The van der Waals surface area contributed by atoms with E-state index in [-0.39, 0.29) is 19.6 Å².